The maximum Gasteiger partial charge on any atom is 0.326 e. The first-order chi connectivity index (χ1) is 31.9. The number of rotatable bonds is 37. The molecule has 0 aromatic carbocycles. The van der Waals surface area contributed by atoms with E-state index in [1.54, 1.807) is 0 Å². The highest BCUT2D eigenvalue weighted by Gasteiger charge is 2.37. The maximum absolute atomic E-state index is 14.0. The van der Waals surface area contributed by atoms with Crippen molar-refractivity contribution in [3.05, 3.63) is 0 Å². The van der Waals surface area contributed by atoms with Crippen LogP contribution in [0.2, 0.25) is 0 Å². The van der Waals surface area contributed by atoms with Crippen molar-refractivity contribution >= 4 is 59.2 Å². The number of aliphatic carboxylic acids is 2. The summed E-state index contributed by atoms with van der Waals surface area (Å²) in [6.07, 6.45) is -2.26. The van der Waals surface area contributed by atoms with Gasteiger partial charge in [0.2, 0.25) is 47.3 Å². The molecule has 68 heavy (non-hydrogen) atoms. The Bertz CT molecular complexity index is 1650. The molecule has 0 rings (SSSR count). The zero-order valence-corrected chi connectivity index (χ0v) is 39.6. The summed E-state index contributed by atoms with van der Waals surface area (Å²) in [4.78, 5) is 129. The molecule has 0 spiro atoms. The van der Waals surface area contributed by atoms with Crippen molar-refractivity contribution < 1.29 is 68.4 Å². The molecule has 26 heteroatoms. The van der Waals surface area contributed by atoms with E-state index < -0.39 is 145 Å². The lowest BCUT2D eigenvalue weighted by Gasteiger charge is -2.29. The lowest BCUT2D eigenvalue weighted by Crippen LogP contribution is -2.62. The number of carboxylic acid groups (broad SMARTS) is 2. The van der Waals surface area contributed by atoms with Gasteiger partial charge in [-0.3, -0.25) is 43.2 Å². The first-order valence-electron chi connectivity index (χ1n) is 23.0. The number of hydrogen-bond acceptors (Lipinski definition) is 16. The fourth-order valence-electron chi connectivity index (χ4n) is 6.61. The third-order valence-electron chi connectivity index (χ3n) is 10.5. The molecule has 0 fully saturated rings. The molecule has 0 bridgehead atoms. The Hall–Kier alpha value is -5.54. The van der Waals surface area contributed by atoms with E-state index in [1.165, 1.54) is 0 Å². The van der Waals surface area contributed by atoms with Crippen LogP contribution in [0.5, 0.6) is 0 Å². The predicted molar refractivity (Wildman–Crippen MR) is 246 cm³/mol. The van der Waals surface area contributed by atoms with Gasteiger partial charge in [-0.2, -0.15) is 0 Å². The van der Waals surface area contributed by atoms with Crippen molar-refractivity contribution in [3.63, 3.8) is 0 Å². The van der Waals surface area contributed by atoms with E-state index in [0.717, 1.165) is 13.8 Å². The summed E-state index contributed by atoms with van der Waals surface area (Å²) >= 11 is 0. The van der Waals surface area contributed by atoms with Crippen LogP contribution in [0.15, 0.2) is 0 Å². The molecule has 0 aliphatic carbocycles. The van der Waals surface area contributed by atoms with E-state index in [9.17, 15) is 68.4 Å². The van der Waals surface area contributed by atoms with Crippen LogP contribution >= 0.6 is 0 Å². The standard InChI is InChI=1S/C42H78N12O14/c1-22(2)21-30(52-35(60)25(46)11-5-8-18-43)39(64)49-26(12-6-9-19-44)36(61)48-27(13-7-10-20-45)37(62)53-33(23(3)55)40(65)50-28(15-17-32(58)59)38(63)54-34(24(4)56)41(66)51-29(42(67)68)14-16-31(47)57/h22-30,33-34,55-56H,5-21,43-46H2,1-4H3,(H2,47,57)(H,48,61)(H,49,64)(H,50,65)(H,51,66)(H,52,60)(H,53,62)(H,54,63)(H,58,59)(H,67,68)/t23-,24-,25+,26+,27+,28+,29+,30+,33+,34+/m1/s1. The third-order valence-corrected chi connectivity index (χ3v) is 10.5. The second-order valence-corrected chi connectivity index (χ2v) is 17.1. The Morgan fingerprint density at radius 2 is 0.794 bits per heavy atom. The van der Waals surface area contributed by atoms with Gasteiger partial charge in [-0.05, 0) is 110 Å². The van der Waals surface area contributed by atoms with E-state index in [-0.39, 0.29) is 44.7 Å². The number of carbonyl (C=O) groups excluding carboxylic acids is 8. The fraction of sp³-hybridized carbons (Fsp3) is 0.762. The Labute approximate surface area is 396 Å². The largest absolute Gasteiger partial charge is 0.481 e. The van der Waals surface area contributed by atoms with Crippen molar-refractivity contribution in [1.29, 1.82) is 0 Å². The van der Waals surface area contributed by atoms with Gasteiger partial charge in [0, 0.05) is 12.8 Å². The normalized spacial score (nSPS) is 15.6. The summed E-state index contributed by atoms with van der Waals surface area (Å²) < 4.78 is 0. The van der Waals surface area contributed by atoms with Crippen molar-refractivity contribution in [2.75, 3.05) is 19.6 Å². The topological polar surface area (TPSA) is 466 Å². The fourth-order valence-corrected chi connectivity index (χ4v) is 6.61. The Morgan fingerprint density at radius 3 is 1.18 bits per heavy atom. The molecule has 0 heterocycles. The van der Waals surface area contributed by atoms with E-state index in [1.807, 2.05) is 13.8 Å². The van der Waals surface area contributed by atoms with Gasteiger partial charge in [-0.15, -0.1) is 0 Å². The van der Waals surface area contributed by atoms with Crippen LogP contribution in [0.1, 0.15) is 118 Å². The molecule has 390 valence electrons. The molecule has 0 unspecified atom stereocenters. The lowest BCUT2D eigenvalue weighted by molar-refractivity contribution is -0.143. The molecule has 0 saturated heterocycles. The number of hydrogen-bond donors (Lipinski definition) is 16. The highest BCUT2D eigenvalue weighted by molar-refractivity contribution is 5.98. The molecule has 0 aliphatic heterocycles. The van der Waals surface area contributed by atoms with Crippen LogP contribution in [0.25, 0.3) is 0 Å². The summed E-state index contributed by atoms with van der Waals surface area (Å²) in [7, 11) is 0. The van der Waals surface area contributed by atoms with Gasteiger partial charge < -0.3 is 86.3 Å². The van der Waals surface area contributed by atoms with Gasteiger partial charge in [0.15, 0.2) is 0 Å². The Morgan fingerprint density at radius 1 is 0.441 bits per heavy atom. The van der Waals surface area contributed by atoms with E-state index in [0.29, 0.717) is 45.1 Å². The van der Waals surface area contributed by atoms with Gasteiger partial charge in [0.05, 0.1) is 18.2 Å². The molecule has 8 amide bonds. The average molecular weight is 975 g/mol. The SMILES string of the molecule is CC(C)C[C@H](NC(=O)[C@@H](N)CCCCN)C(=O)N[C@@H](CCCCN)C(=O)N[C@@H](CCCCN)C(=O)N[C@H](C(=O)N[C@@H](CCC(=O)O)C(=O)N[C@H](C(=O)N[C@@H](CCC(N)=O)C(=O)O)[C@@H](C)O)[C@@H](C)O. The second-order valence-electron chi connectivity index (χ2n) is 17.1. The number of aliphatic hydroxyl groups excluding tert-OH is 2. The molecule has 0 aliphatic rings. The number of carbonyl (C=O) groups is 10. The number of unbranched alkanes of at least 4 members (excludes halogenated alkanes) is 3. The smallest absolute Gasteiger partial charge is 0.326 e. The first-order valence-corrected chi connectivity index (χ1v) is 23.0. The lowest BCUT2D eigenvalue weighted by atomic mass is 10.0. The molecule has 21 N–H and O–H groups in total. The summed E-state index contributed by atoms with van der Waals surface area (Å²) in [5, 5.41) is 56.7. The molecular weight excluding hydrogens is 897 g/mol. The second kappa shape index (κ2) is 33.9. The van der Waals surface area contributed by atoms with E-state index >= 15 is 0 Å². The summed E-state index contributed by atoms with van der Waals surface area (Å²) in [5.41, 5.74) is 28.1. The molecule has 0 aromatic rings. The zero-order chi connectivity index (χ0) is 52.1. The number of nitrogens with two attached hydrogens (primary N) is 5. The van der Waals surface area contributed by atoms with Gasteiger partial charge in [-0.1, -0.05) is 20.3 Å². The molecule has 10 atom stereocenters. The molecule has 26 nitrogen and oxygen atoms in total. The molecule has 0 aromatic heterocycles. The third kappa shape index (κ3) is 25.6. The van der Waals surface area contributed by atoms with Crippen LogP contribution in [0, 0.1) is 5.92 Å². The molecule has 0 radical (unpaired) electrons. The van der Waals surface area contributed by atoms with Gasteiger partial charge in [0.1, 0.15) is 42.3 Å². The Balaban J connectivity index is 6.54. The van der Waals surface area contributed by atoms with Crippen molar-refractivity contribution in [2.24, 2.45) is 34.6 Å². The van der Waals surface area contributed by atoms with Crippen molar-refractivity contribution in [1.82, 2.24) is 37.2 Å². The van der Waals surface area contributed by atoms with Crippen LogP contribution in [0.3, 0.4) is 0 Å². The van der Waals surface area contributed by atoms with Crippen LogP contribution in [-0.4, -0.2) is 160 Å². The highest BCUT2D eigenvalue weighted by atomic mass is 16.4. The minimum atomic E-state index is -1.87. The van der Waals surface area contributed by atoms with Crippen LogP contribution in [0.4, 0.5) is 0 Å². The van der Waals surface area contributed by atoms with Crippen LogP contribution < -0.4 is 65.9 Å². The van der Waals surface area contributed by atoms with Gasteiger partial charge in [-0.25, -0.2) is 4.79 Å². The van der Waals surface area contributed by atoms with Crippen LogP contribution in [-0.2, 0) is 47.9 Å². The quantitative estimate of drug-likeness (QED) is 0.0260. The summed E-state index contributed by atoms with van der Waals surface area (Å²) in [5.74, 6) is -10.6. The van der Waals surface area contributed by atoms with E-state index in [4.69, 9.17) is 28.7 Å². The van der Waals surface area contributed by atoms with Crippen molar-refractivity contribution in [2.45, 2.75) is 178 Å². The van der Waals surface area contributed by atoms with Crippen molar-refractivity contribution in [3.8, 4) is 0 Å². The molecular formula is C42H78N12O14. The Kier molecular flexibility index (Phi) is 31.1. The summed E-state index contributed by atoms with van der Waals surface area (Å²) in [6.45, 7) is 6.76. The number of amides is 8. The zero-order valence-electron chi connectivity index (χ0n) is 39.6. The van der Waals surface area contributed by atoms with Gasteiger partial charge in [0.25, 0.3) is 0 Å². The monoisotopic (exact) mass is 975 g/mol. The number of carboxylic acids is 2. The minimum Gasteiger partial charge on any atom is -0.481 e. The van der Waals surface area contributed by atoms with E-state index in [2.05, 4.69) is 37.2 Å². The maximum atomic E-state index is 14.0. The predicted octanol–water partition coefficient (Wildman–Crippen LogP) is -4.88. The molecule has 0 saturated carbocycles. The minimum absolute atomic E-state index is 0.0435. The number of primary amides is 1. The average Bonchev–Trinajstić information content (AvgIpc) is 3.25. The van der Waals surface area contributed by atoms with Gasteiger partial charge >= 0.3 is 11.9 Å². The first kappa shape index (κ1) is 62.5. The summed E-state index contributed by atoms with van der Waals surface area (Å²) in [6, 6.07) is -11.8. The highest BCUT2D eigenvalue weighted by Crippen LogP contribution is 2.11. The number of nitrogens with one attached hydrogen (secondary N) is 7. The number of aliphatic hydroxyl groups is 2.